The Labute approximate surface area is 355 Å². The number of carbonyl (C=O) groups excluding carboxylic acids is 1. The second-order valence-electron chi connectivity index (χ2n) is 17.4. The molecule has 0 aromatic heterocycles. The Morgan fingerprint density at radius 1 is 0.456 bits per heavy atom. The molecule has 0 aromatic rings. The van der Waals surface area contributed by atoms with Gasteiger partial charge in [-0.2, -0.15) is 0 Å². The van der Waals surface area contributed by atoms with Gasteiger partial charge in [-0.15, -0.1) is 0 Å². The largest absolute Gasteiger partial charge is 0.394 e. The van der Waals surface area contributed by atoms with Crippen LogP contribution in [-0.4, -0.2) is 46.1 Å². The summed E-state index contributed by atoms with van der Waals surface area (Å²) in [4.78, 5) is 12.4. The second kappa shape index (κ2) is 47.3. The summed E-state index contributed by atoms with van der Waals surface area (Å²) in [6.07, 6.45) is 60.4. The number of unbranched alkanes of at least 4 members (excludes halogenated alkanes) is 33. The van der Waals surface area contributed by atoms with Crippen molar-refractivity contribution in [2.75, 3.05) is 6.61 Å². The Balaban J connectivity index is 3.52. The lowest BCUT2D eigenvalue weighted by atomic mass is 10.0. The number of hydrogen-bond donors (Lipinski definition) is 4. The molecule has 5 nitrogen and oxygen atoms in total. The molecule has 0 heterocycles. The van der Waals surface area contributed by atoms with Crippen LogP contribution in [0.3, 0.4) is 0 Å². The van der Waals surface area contributed by atoms with E-state index in [1.165, 1.54) is 205 Å². The molecule has 0 aliphatic rings. The Kier molecular flexibility index (Phi) is 46.1. The van der Waals surface area contributed by atoms with E-state index in [0.717, 1.165) is 32.1 Å². The first-order valence-corrected chi connectivity index (χ1v) is 25.3. The molecule has 0 radical (unpaired) electrons. The van der Waals surface area contributed by atoms with Crippen LogP contribution in [0.4, 0.5) is 0 Å². The van der Waals surface area contributed by atoms with Crippen molar-refractivity contribution in [2.24, 2.45) is 0 Å². The predicted octanol–water partition coefficient (Wildman–Crippen LogP) is 15.1. The van der Waals surface area contributed by atoms with Crippen molar-refractivity contribution in [1.82, 2.24) is 5.32 Å². The maximum absolute atomic E-state index is 12.4. The fourth-order valence-corrected chi connectivity index (χ4v) is 7.78. The molecule has 3 atom stereocenters. The zero-order chi connectivity index (χ0) is 41.5. The van der Waals surface area contributed by atoms with E-state index in [2.05, 4.69) is 43.5 Å². The molecule has 3 unspecified atom stereocenters. The number of amides is 1. The highest BCUT2D eigenvalue weighted by atomic mass is 16.3. The van der Waals surface area contributed by atoms with Gasteiger partial charge in [0.05, 0.1) is 31.3 Å². The molecule has 0 aromatic carbocycles. The van der Waals surface area contributed by atoms with Gasteiger partial charge in [0.1, 0.15) is 0 Å². The molecule has 4 N–H and O–H groups in total. The lowest BCUT2D eigenvalue weighted by Gasteiger charge is -2.21. The standard InChI is InChI=1S/C52H99NO4/c1-3-5-7-9-11-13-15-16-17-18-19-20-21-22-23-24-25-26-27-28-29-30-31-32-33-34-36-37-39-41-43-45-49(55)47-52(57)53-50(48-54)51(56)46-44-42-40-38-35-14-12-10-8-6-4-2/h19-20,22-23,44,46,49-51,54-56H,3-18,21,24-43,45,47-48H2,1-2H3,(H,53,57)/b20-19-,23-22-,46-44+. The lowest BCUT2D eigenvalue weighted by molar-refractivity contribution is -0.124. The molecule has 0 rings (SSSR count). The normalized spacial score (nSPS) is 13.7. The number of aliphatic hydroxyl groups is 3. The van der Waals surface area contributed by atoms with Gasteiger partial charge in [-0.3, -0.25) is 4.79 Å². The minimum atomic E-state index is -0.926. The predicted molar refractivity (Wildman–Crippen MR) is 250 cm³/mol. The highest BCUT2D eigenvalue weighted by Crippen LogP contribution is 2.16. The summed E-state index contributed by atoms with van der Waals surface area (Å²) >= 11 is 0. The van der Waals surface area contributed by atoms with Gasteiger partial charge in [0, 0.05) is 0 Å². The Hall–Kier alpha value is -1.43. The van der Waals surface area contributed by atoms with E-state index in [-0.39, 0.29) is 18.9 Å². The zero-order valence-corrected chi connectivity index (χ0v) is 38.2. The van der Waals surface area contributed by atoms with Crippen LogP contribution in [0, 0.1) is 0 Å². The van der Waals surface area contributed by atoms with Crippen molar-refractivity contribution in [3.63, 3.8) is 0 Å². The SMILES string of the molecule is CCCCCCCCCCC/C=C\C/C=C\CCCCCCCCCCCCCCCCCC(O)CC(=O)NC(CO)C(O)/C=C/CCCCCCCCCCC. The van der Waals surface area contributed by atoms with Crippen LogP contribution in [-0.2, 0) is 4.79 Å². The number of carbonyl (C=O) groups is 1. The minimum Gasteiger partial charge on any atom is -0.394 e. The van der Waals surface area contributed by atoms with E-state index < -0.39 is 18.2 Å². The highest BCUT2D eigenvalue weighted by molar-refractivity contribution is 5.76. The summed E-state index contributed by atoms with van der Waals surface area (Å²) in [5.74, 6) is -0.315. The van der Waals surface area contributed by atoms with Gasteiger partial charge in [-0.1, -0.05) is 243 Å². The van der Waals surface area contributed by atoms with Gasteiger partial charge in [-0.05, 0) is 51.4 Å². The van der Waals surface area contributed by atoms with Crippen molar-refractivity contribution in [1.29, 1.82) is 0 Å². The van der Waals surface area contributed by atoms with Gasteiger partial charge in [0.25, 0.3) is 0 Å². The van der Waals surface area contributed by atoms with Crippen LogP contribution >= 0.6 is 0 Å². The summed E-state index contributed by atoms with van der Waals surface area (Å²) in [6, 6.07) is -0.742. The molecule has 1 amide bonds. The summed E-state index contributed by atoms with van der Waals surface area (Å²) < 4.78 is 0. The van der Waals surface area contributed by atoms with Crippen molar-refractivity contribution in [2.45, 2.75) is 283 Å². The zero-order valence-electron chi connectivity index (χ0n) is 38.2. The lowest BCUT2D eigenvalue weighted by Crippen LogP contribution is -2.45. The molecule has 336 valence electrons. The van der Waals surface area contributed by atoms with E-state index in [4.69, 9.17) is 0 Å². The molecule has 57 heavy (non-hydrogen) atoms. The molecular formula is C52H99NO4. The smallest absolute Gasteiger partial charge is 0.222 e. The van der Waals surface area contributed by atoms with Crippen LogP contribution in [0.15, 0.2) is 36.5 Å². The first-order valence-electron chi connectivity index (χ1n) is 25.3. The van der Waals surface area contributed by atoms with Crippen molar-refractivity contribution < 1.29 is 20.1 Å². The second-order valence-corrected chi connectivity index (χ2v) is 17.4. The topological polar surface area (TPSA) is 89.8 Å². The first kappa shape index (κ1) is 55.6. The minimum absolute atomic E-state index is 0.0146. The molecule has 0 aliphatic heterocycles. The third-order valence-corrected chi connectivity index (χ3v) is 11.7. The van der Waals surface area contributed by atoms with Gasteiger partial charge in [0.2, 0.25) is 5.91 Å². The van der Waals surface area contributed by atoms with Gasteiger partial charge in [0.15, 0.2) is 0 Å². The van der Waals surface area contributed by atoms with Crippen molar-refractivity contribution in [3.8, 4) is 0 Å². The molecule has 0 spiro atoms. The number of nitrogens with one attached hydrogen (secondary N) is 1. The number of hydrogen-bond acceptors (Lipinski definition) is 4. The fourth-order valence-electron chi connectivity index (χ4n) is 7.78. The van der Waals surface area contributed by atoms with Crippen LogP contribution in [0.5, 0.6) is 0 Å². The summed E-state index contributed by atoms with van der Waals surface area (Å²) in [5, 5.41) is 33.2. The van der Waals surface area contributed by atoms with E-state index in [1.807, 2.05) is 6.08 Å². The third kappa shape index (κ3) is 44.0. The molecule has 0 bridgehead atoms. The first-order chi connectivity index (χ1) is 28.0. The van der Waals surface area contributed by atoms with E-state index >= 15 is 0 Å². The number of rotatable bonds is 46. The third-order valence-electron chi connectivity index (χ3n) is 11.7. The quantitative estimate of drug-likeness (QED) is 0.0365. The maximum Gasteiger partial charge on any atom is 0.222 e. The Morgan fingerprint density at radius 2 is 0.789 bits per heavy atom. The monoisotopic (exact) mass is 802 g/mol. The number of allylic oxidation sites excluding steroid dienone is 5. The van der Waals surface area contributed by atoms with Crippen LogP contribution in [0.1, 0.15) is 264 Å². The van der Waals surface area contributed by atoms with Crippen molar-refractivity contribution in [3.05, 3.63) is 36.5 Å². The molecular weight excluding hydrogens is 703 g/mol. The average molecular weight is 802 g/mol. The fraction of sp³-hybridized carbons (Fsp3) is 0.865. The van der Waals surface area contributed by atoms with E-state index in [0.29, 0.717) is 6.42 Å². The molecule has 0 saturated heterocycles. The molecule has 0 aliphatic carbocycles. The Morgan fingerprint density at radius 3 is 1.16 bits per heavy atom. The highest BCUT2D eigenvalue weighted by Gasteiger charge is 2.20. The summed E-state index contributed by atoms with van der Waals surface area (Å²) in [5.41, 5.74) is 0. The summed E-state index contributed by atoms with van der Waals surface area (Å²) in [6.45, 7) is 4.21. The number of aliphatic hydroxyl groups excluding tert-OH is 3. The van der Waals surface area contributed by atoms with Crippen molar-refractivity contribution >= 4 is 5.91 Å². The summed E-state index contributed by atoms with van der Waals surface area (Å²) in [7, 11) is 0. The van der Waals surface area contributed by atoms with Gasteiger partial charge >= 0.3 is 0 Å². The van der Waals surface area contributed by atoms with Gasteiger partial charge < -0.3 is 20.6 Å². The van der Waals surface area contributed by atoms with Crippen LogP contribution in [0.2, 0.25) is 0 Å². The van der Waals surface area contributed by atoms with E-state index in [1.54, 1.807) is 6.08 Å². The Bertz CT molecular complexity index is 885. The molecule has 5 heteroatoms. The average Bonchev–Trinajstić information content (AvgIpc) is 3.20. The molecule has 0 saturated carbocycles. The van der Waals surface area contributed by atoms with Gasteiger partial charge in [-0.25, -0.2) is 0 Å². The maximum atomic E-state index is 12.4. The van der Waals surface area contributed by atoms with E-state index in [9.17, 15) is 20.1 Å². The van der Waals surface area contributed by atoms with Crippen LogP contribution < -0.4 is 5.32 Å². The molecule has 0 fully saturated rings. The van der Waals surface area contributed by atoms with Crippen LogP contribution in [0.25, 0.3) is 0 Å².